The van der Waals surface area contributed by atoms with Gasteiger partial charge in [-0.1, -0.05) is 19.1 Å². The van der Waals surface area contributed by atoms with Gasteiger partial charge < -0.3 is 9.47 Å². The molecule has 3 aromatic rings. The highest BCUT2D eigenvalue weighted by atomic mass is 16.5. The summed E-state index contributed by atoms with van der Waals surface area (Å²) in [6.45, 7) is 2.41. The van der Waals surface area contributed by atoms with Crippen LogP contribution in [-0.4, -0.2) is 24.0 Å². The summed E-state index contributed by atoms with van der Waals surface area (Å²) in [5.74, 6) is 1.41. The lowest BCUT2D eigenvalue weighted by molar-refractivity contribution is 0.414. The lowest BCUT2D eigenvalue weighted by Crippen LogP contribution is -2.27. The van der Waals surface area contributed by atoms with E-state index in [1.54, 1.807) is 26.4 Å². The van der Waals surface area contributed by atoms with Gasteiger partial charge in [0.2, 0.25) is 0 Å². The largest absolute Gasteiger partial charge is 0.497 e. The summed E-state index contributed by atoms with van der Waals surface area (Å²) in [4.78, 5) is 12.8. The van der Waals surface area contributed by atoms with Crippen LogP contribution in [0.5, 0.6) is 11.5 Å². The molecule has 0 saturated heterocycles. The molecule has 0 radical (unpaired) electrons. The highest BCUT2D eigenvalue weighted by Crippen LogP contribution is 2.33. The van der Waals surface area contributed by atoms with Crippen molar-refractivity contribution in [3.8, 4) is 40.0 Å². The third kappa shape index (κ3) is 3.60. The van der Waals surface area contributed by atoms with Crippen LogP contribution < -0.4 is 15.0 Å². The molecule has 0 unspecified atom stereocenters. The van der Waals surface area contributed by atoms with Crippen LogP contribution >= 0.6 is 0 Å². The summed E-state index contributed by atoms with van der Waals surface area (Å²) in [5.41, 5.74) is 2.33. The monoisotopic (exact) mass is 375 g/mol. The van der Waals surface area contributed by atoms with E-state index in [0.717, 1.165) is 23.3 Å². The number of rotatable bonds is 6. The van der Waals surface area contributed by atoms with Crippen molar-refractivity contribution in [2.75, 3.05) is 14.2 Å². The van der Waals surface area contributed by atoms with Gasteiger partial charge in [-0.05, 0) is 48.4 Å². The predicted molar refractivity (Wildman–Crippen MR) is 107 cm³/mol. The van der Waals surface area contributed by atoms with Crippen LogP contribution in [0.15, 0.2) is 53.3 Å². The Hall–Kier alpha value is -3.59. The normalized spacial score (nSPS) is 10.4. The first-order valence-corrected chi connectivity index (χ1v) is 8.97. The number of nitriles is 1. The van der Waals surface area contributed by atoms with Gasteiger partial charge in [0.25, 0.3) is 5.56 Å². The number of aryl methyl sites for hydroxylation is 1. The van der Waals surface area contributed by atoms with E-state index in [4.69, 9.17) is 9.47 Å². The number of nitrogens with zero attached hydrogens (tertiary/aromatic N) is 3. The zero-order valence-corrected chi connectivity index (χ0v) is 16.1. The SMILES string of the molecule is CCCn1nc(-c2ccc(OC)cc2)c(-c2ccc(OC)cc2)c(C#N)c1=O. The molecule has 1 aromatic heterocycles. The van der Waals surface area contributed by atoms with Gasteiger partial charge in [0.1, 0.15) is 28.8 Å². The van der Waals surface area contributed by atoms with Crippen molar-refractivity contribution >= 4 is 0 Å². The molecule has 142 valence electrons. The average Bonchev–Trinajstić information content (AvgIpc) is 2.75. The number of methoxy groups -OCH3 is 2. The predicted octanol–water partition coefficient (Wildman–Crippen LogP) is 3.88. The molecule has 0 N–H and O–H groups in total. The molecule has 28 heavy (non-hydrogen) atoms. The van der Waals surface area contributed by atoms with Crippen molar-refractivity contribution in [2.45, 2.75) is 19.9 Å². The van der Waals surface area contributed by atoms with E-state index in [2.05, 4.69) is 11.2 Å². The first-order valence-electron chi connectivity index (χ1n) is 8.97. The quantitative estimate of drug-likeness (QED) is 0.653. The van der Waals surface area contributed by atoms with Crippen LogP contribution in [0.25, 0.3) is 22.4 Å². The third-order valence-corrected chi connectivity index (χ3v) is 4.45. The number of hydrogen-bond acceptors (Lipinski definition) is 5. The van der Waals surface area contributed by atoms with Gasteiger partial charge in [-0.15, -0.1) is 0 Å². The first kappa shape index (κ1) is 19.2. The van der Waals surface area contributed by atoms with Crippen LogP contribution in [0.1, 0.15) is 18.9 Å². The van der Waals surface area contributed by atoms with E-state index in [9.17, 15) is 10.1 Å². The Bertz CT molecular complexity index is 1060. The van der Waals surface area contributed by atoms with E-state index in [-0.39, 0.29) is 11.1 Å². The average molecular weight is 375 g/mol. The molecule has 0 bridgehead atoms. The Morgan fingerprint density at radius 2 is 1.50 bits per heavy atom. The standard InChI is InChI=1S/C22H21N3O3/c1-4-13-25-22(26)19(14-23)20(15-5-9-17(27-2)10-6-15)21(24-25)16-7-11-18(28-3)12-8-16/h5-12H,4,13H2,1-3H3. The second-order valence-corrected chi connectivity index (χ2v) is 6.20. The Balaban J connectivity index is 2.31. The molecule has 0 aliphatic carbocycles. The smallest absolute Gasteiger partial charge is 0.285 e. The van der Waals surface area contributed by atoms with Crippen molar-refractivity contribution in [3.63, 3.8) is 0 Å². The van der Waals surface area contributed by atoms with Crippen LogP contribution in [0.4, 0.5) is 0 Å². The highest BCUT2D eigenvalue weighted by Gasteiger charge is 2.20. The van der Waals surface area contributed by atoms with Gasteiger partial charge in [-0.3, -0.25) is 4.79 Å². The van der Waals surface area contributed by atoms with Gasteiger partial charge in [0.05, 0.1) is 14.2 Å². The summed E-state index contributed by atoms with van der Waals surface area (Å²) >= 11 is 0. The molecule has 1 heterocycles. The maximum absolute atomic E-state index is 12.8. The molecule has 0 saturated carbocycles. The van der Waals surface area contributed by atoms with Crippen LogP contribution in [0.3, 0.4) is 0 Å². The number of ether oxygens (including phenoxy) is 2. The zero-order valence-electron chi connectivity index (χ0n) is 16.1. The Labute approximate surface area is 163 Å². The molecular formula is C22H21N3O3. The lowest BCUT2D eigenvalue weighted by atomic mass is 9.96. The number of aromatic nitrogens is 2. The van der Waals surface area contributed by atoms with Gasteiger partial charge in [-0.2, -0.15) is 10.4 Å². The minimum absolute atomic E-state index is 0.0828. The minimum atomic E-state index is -0.382. The summed E-state index contributed by atoms with van der Waals surface area (Å²) in [7, 11) is 3.19. The van der Waals surface area contributed by atoms with E-state index in [0.29, 0.717) is 23.6 Å². The summed E-state index contributed by atoms with van der Waals surface area (Å²) < 4.78 is 11.8. The van der Waals surface area contributed by atoms with Crippen molar-refractivity contribution in [3.05, 3.63) is 64.4 Å². The van der Waals surface area contributed by atoms with Crippen LogP contribution in [0.2, 0.25) is 0 Å². The molecule has 0 spiro atoms. The molecule has 2 aromatic carbocycles. The molecule has 6 nitrogen and oxygen atoms in total. The maximum Gasteiger partial charge on any atom is 0.285 e. The van der Waals surface area contributed by atoms with Crippen LogP contribution in [0, 0.1) is 11.3 Å². The second kappa shape index (κ2) is 8.40. The number of benzene rings is 2. The first-order chi connectivity index (χ1) is 13.6. The van der Waals surface area contributed by atoms with E-state index in [1.165, 1.54) is 4.68 Å². The van der Waals surface area contributed by atoms with Crippen LogP contribution in [-0.2, 0) is 6.54 Å². The van der Waals surface area contributed by atoms with E-state index < -0.39 is 0 Å². The Morgan fingerprint density at radius 1 is 0.964 bits per heavy atom. The third-order valence-electron chi connectivity index (χ3n) is 4.45. The zero-order chi connectivity index (χ0) is 20.1. The fourth-order valence-corrected chi connectivity index (χ4v) is 3.03. The molecule has 0 aliphatic rings. The molecule has 0 aliphatic heterocycles. The molecule has 0 amide bonds. The second-order valence-electron chi connectivity index (χ2n) is 6.20. The van der Waals surface area contributed by atoms with Crippen molar-refractivity contribution in [1.82, 2.24) is 9.78 Å². The van der Waals surface area contributed by atoms with Crippen molar-refractivity contribution in [2.24, 2.45) is 0 Å². The molecule has 6 heteroatoms. The van der Waals surface area contributed by atoms with E-state index in [1.807, 2.05) is 43.3 Å². The summed E-state index contributed by atoms with van der Waals surface area (Å²) in [6.07, 6.45) is 0.738. The fraction of sp³-hybridized carbons (Fsp3) is 0.227. The molecule has 0 atom stereocenters. The minimum Gasteiger partial charge on any atom is -0.497 e. The Morgan fingerprint density at radius 3 is 1.96 bits per heavy atom. The Kier molecular flexibility index (Phi) is 5.75. The molecule has 3 rings (SSSR count). The summed E-state index contributed by atoms with van der Waals surface area (Å²) in [6, 6.07) is 16.7. The maximum atomic E-state index is 12.8. The van der Waals surface area contributed by atoms with Gasteiger partial charge >= 0.3 is 0 Å². The van der Waals surface area contributed by atoms with Gasteiger partial charge in [0.15, 0.2) is 0 Å². The molecule has 0 fully saturated rings. The van der Waals surface area contributed by atoms with E-state index >= 15 is 0 Å². The highest BCUT2D eigenvalue weighted by molar-refractivity contribution is 5.84. The lowest BCUT2D eigenvalue weighted by Gasteiger charge is -2.15. The van der Waals surface area contributed by atoms with Crippen molar-refractivity contribution < 1.29 is 9.47 Å². The number of hydrogen-bond donors (Lipinski definition) is 0. The van der Waals surface area contributed by atoms with Crippen molar-refractivity contribution in [1.29, 1.82) is 5.26 Å². The summed E-state index contributed by atoms with van der Waals surface area (Å²) in [5, 5.41) is 14.4. The fourth-order valence-electron chi connectivity index (χ4n) is 3.03. The van der Waals surface area contributed by atoms with Gasteiger partial charge in [-0.25, -0.2) is 4.68 Å². The van der Waals surface area contributed by atoms with Gasteiger partial charge in [0, 0.05) is 17.7 Å². The topological polar surface area (TPSA) is 77.1 Å². The molecular weight excluding hydrogens is 354 g/mol.